The molecule has 0 spiro atoms. The minimum absolute atomic E-state index is 0.224. The maximum atomic E-state index is 12.4. The Kier molecular flexibility index (Phi) is 3.73. The number of hydrogen-bond donors (Lipinski definition) is 0. The first-order valence-corrected chi connectivity index (χ1v) is 6.28. The molecule has 0 bridgehead atoms. The Morgan fingerprint density at radius 1 is 1.50 bits per heavy atom. The van der Waals surface area contributed by atoms with Gasteiger partial charge in [0.25, 0.3) is 0 Å². The molecule has 0 unspecified atom stereocenters. The lowest BCUT2D eigenvalue weighted by Crippen LogP contribution is -2.10. The first kappa shape index (κ1) is 13.1. The fraction of sp³-hybridized carbons (Fsp3) is 0.167. The normalized spacial score (nSPS) is 10.4. The summed E-state index contributed by atoms with van der Waals surface area (Å²) in [7, 11) is 3.18. The highest BCUT2D eigenvalue weighted by molar-refractivity contribution is 9.10. The molecule has 1 heterocycles. The number of nitrogens with zero attached hydrogens (tertiary/aromatic N) is 2. The molecule has 0 amide bonds. The summed E-state index contributed by atoms with van der Waals surface area (Å²) >= 11 is 9.41. The van der Waals surface area contributed by atoms with Crippen molar-refractivity contribution in [1.82, 2.24) is 9.78 Å². The highest BCUT2D eigenvalue weighted by Crippen LogP contribution is 2.29. The Morgan fingerprint density at radius 2 is 2.22 bits per heavy atom. The second-order valence-corrected chi connectivity index (χ2v) is 4.85. The van der Waals surface area contributed by atoms with Gasteiger partial charge in [-0.15, -0.1) is 0 Å². The number of carbonyl (C=O) groups is 1. The molecule has 0 saturated heterocycles. The van der Waals surface area contributed by atoms with Crippen LogP contribution < -0.4 is 4.74 Å². The van der Waals surface area contributed by atoms with Crippen molar-refractivity contribution in [2.24, 2.45) is 7.05 Å². The Morgan fingerprint density at radius 3 is 2.89 bits per heavy atom. The van der Waals surface area contributed by atoms with Gasteiger partial charge in [0.15, 0.2) is 11.4 Å². The van der Waals surface area contributed by atoms with Crippen LogP contribution >= 0.6 is 27.5 Å². The van der Waals surface area contributed by atoms with E-state index in [-0.39, 0.29) is 5.78 Å². The maximum Gasteiger partial charge on any atom is 0.216 e. The molecule has 0 aliphatic heterocycles. The number of ketones is 1. The SMILES string of the molecule is COc1cnn(C)c1C(=O)c1cccc(Br)c1Cl. The van der Waals surface area contributed by atoms with E-state index in [1.807, 2.05) is 0 Å². The van der Waals surface area contributed by atoms with Gasteiger partial charge in [0, 0.05) is 17.1 Å². The number of carbonyl (C=O) groups excluding carboxylic acids is 1. The number of aryl methyl sites for hydroxylation is 1. The number of rotatable bonds is 3. The predicted octanol–water partition coefficient (Wildman–Crippen LogP) is 3.08. The van der Waals surface area contributed by atoms with Gasteiger partial charge in [-0.3, -0.25) is 9.48 Å². The van der Waals surface area contributed by atoms with Gasteiger partial charge in [0.1, 0.15) is 0 Å². The molecular formula is C12H10BrClN2O2. The molecule has 2 aromatic rings. The van der Waals surface area contributed by atoms with Gasteiger partial charge in [0.05, 0.1) is 18.3 Å². The van der Waals surface area contributed by atoms with Gasteiger partial charge in [0.2, 0.25) is 5.78 Å². The molecule has 1 aromatic carbocycles. The van der Waals surface area contributed by atoms with Gasteiger partial charge < -0.3 is 4.74 Å². The van der Waals surface area contributed by atoms with Crippen LogP contribution in [0.4, 0.5) is 0 Å². The molecule has 0 atom stereocenters. The van der Waals surface area contributed by atoms with Crippen LogP contribution in [0.15, 0.2) is 28.9 Å². The third-order valence-corrected chi connectivity index (χ3v) is 3.83. The van der Waals surface area contributed by atoms with Crippen molar-refractivity contribution in [2.45, 2.75) is 0 Å². The third kappa shape index (κ3) is 2.15. The van der Waals surface area contributed by atoms with Crippen LogP contribution in [0.2, 0.25) is 5.02 Å². The van der Waals surface area contributed by atoms with E-state index in [1.54, 1.807) is 25.2 Å². The molecule has 94 valence electrons. The van der Waals surface area contributed by atoms with Crippen LogP contribution in [0.25, 0.3) is 0 Å². The second-order valence-electron chi connectivity index (χ2n) is 3.62. The quantitative estimate of drug-likeness (QED) is 0.813. The smallest absolute Gasteiger partial charge is 0.216 e. The third-order valence-electron chi connectivity index (χ3n) is 2.54. The summed E-state index contributed by atoms with van der Waals surface area (Å²) in [5.41, 5.74) is 0.783. The van der Waals surface area contributed by atoms with E-state index < -0.39 is 0 Å². The van der Waals surface area contributed by atoms with Crippen LogP contribution in [0.1, 0.15) is 16.1 Å². The van der Waals surface area contributed by atoms with Crippen molar-refractivity contribution in [3.63, 3.8) is 0 Å². The van der Waals surface area contributed by atoms with E-state index in [1.165, 1.54) is 18.0 Å². The molecule has 0 aliphatic rings. The zero-order chi connectivity index (χ0) is 13.3. The molecule has 0 radical (unpaired) electrons. The minimum Gasteiger partial charge on any atom is -0.493 e. The number of methoxy groups -OCH3 is 1. The Labute approximate surface area is 118 Å². The number of aromatic nitrogens is 2. The first-order chi connectivity index (χ1) is 8.56. The van der Waals surface area contributed by atoms with Crippen molar-refractivity contribution in [1.29, 1.82) is 0 Å². The molecule has 6 heteroatoms. The van der Waals surface area contributed by atoms with Gasteiger partial charge in [-0.05, 0) is 28.1 Å². The molecule has 0 saturated carbocycles. The van der Waals surface area contributed by atoms with Gasteiger partial charge in [-0.25, -0.2) is 0 Å². The molecule has 1 aromatic heterocycles. The molecule has 18 heavy (non-hydrogen) atoms. The summed E-state index contributed by atoms with van der Waals surface area (Å²) < 4.78 is 7.27. The number of benzene rings is 1. The van der Waals surface area contributed by atoms with E-state index in [0.717, 1.165) is 0 Å². The van der Waals surface area contributed by atoms with Crippen molar-refractivity contribution in [3.8, 4) is 5.75 Å². The van der Waals surface area contributed by atoms with Gasteiger partial charge in [-0.1, -0.05) is 17.7 Å². The summed E-state index contributed by atoms with van der Waals surface area (Å²) in [6.07, 6.45) is 1.50. The van der Waals surface area contributed by atoms with Crippen molar-refractivity contribution in [2.75, 3.05) is 7.11 Å². The lowest BCUT2D eigenvalue weighted by molar-refractivity contribution is 0.102. The van der Waals surface area contributed by atoms with Crippen LogP contribution in [-0.4, -0.2) is 22.7 Å². The number of ether oxygens (including phenoxy) is 1. The average Bonchev–Trinajstić information content (AvgIpc) is 2.73. The summed E-state index contributed by atoms with van der Waals surface area (Å²) in [6, 6.07) is 5.20. The van der Waals surface area contributed by atoms with Crippen molar-refractivity contribution < 1.29 is 9.53 Å². The minimum atomic E-state index is -0.224. The van der Waals surface area contributed by atoms with Gasteiger partial charge in [-0.2, -0.15) is 5.10 Å². The maximum absolute atomic E-state index is 12.4. The summed E-state index contributed by atoms with van der Waals surface area (Å²) in [5, 5.41) is 4.38. The van der Waals surface area contributed by atoms with E-state index in [9.17, 15) is 4.79 Å². The zero-order valence-electron chi connectivity index (χ0n) is 9.78. The predicted molar refractivity (Wildman–Crippen MR) is 72.3 cm³/mol. The Balaban J connectivity index is 2.55. The lowest BCUT2D eigenvalue weighted by Gasteiger charge is -2.07. The van der Waals surface area contributed by atoms with Crippen LogP contribution in [0, 0.1) is 0 Å². The first-order valence-electron chi connectivity index (χ1n) is 5.11. The van der Waals surface area contributed by atoms with E-state index in [2.05, 4.69) is 21.0 Å². The molecular weight excluding hydrogens is 320 g/mol. The molecule has 2 rings (SSSR count). The standard InChI is InChI=1S/C12H10BrClN2O2/c1-16-11(9(18-2)6-15-16)12(17)7-4-3-5-8(13)10(7)14/h3-6H,1-2H3. The van der Waals surface area contributed by atoms with Crippen LogP contribution in [0.5, 0.6) is 5.75 Å². The summed E-state index contributed by atoms with van der Waals surface area (Å²) in [4.78, 5) is 12.4. The second kappa shape index (κ2) is 5.12. The average molecular weight is 330 g/mol. The Hall–Kier alpha value is -1.33. The molecule has 0 N–H and O–H groups in total. The van der Waals surface area contributed by atoms with E-state index >= 15 is 0 Å². The largest absolute Gasteiger partial charge is 0.493 e. The lowest BCUT2D eigenvalue weighted by atomic mass is 10.1. The van der Waals surface area contributed by atoms with Gasteiger partial charge >= 0.3 is 0 Å². The topological polar surface area (TPSA) is 44.1 Å². The van der Waals surface area contributed by atoms with E-state index in [0.29, 0.717) is 26.5 Å². The summed E-state index contributed by atoms with van der Waals surface area (Å²) in [5.74, 6) is 0.205. The Bertz CT molecular complexity index is 610. The zero-order valence-corrected chi connectivity index (χ0v) is 12.1. The van der Waals surface area contributed by atoms with Crippen molar-refractivity contribution >= 4 is 33.3 Å². The van der Waals surface area contributed by atoms with Crippen LogP contribution in [-0.2, 0) is 7.05 Å². The molecule has 0 aliphatic carbocycles. The monoisotopic (exact) mass is 328 g/mol. The highest BCUT2D eigenvalue weighted by Gasteiger charge is 2.22. The fourth-order valence-electron chi connectivity index (χ4n) is 1.63. The van der Waals surface area contributed by atoms with Crippen molar-refractivity contribution in [3.05, 3.63) is 45.1 Å². The molecule has 0 fully saturated rings. The number of hydrogen-bond acceptors (Lipinski definition) is 3. The highest BCUT2D eigenvalue weighted by atomic mass is 79.9. The number of halogens is 2. The van der Waals surface area contributed by atoms with E-state index in [4.69, 9.17) is 16.3 Å². The summed E-state index contributed by atoms with van der Waals surface area (Å²) in [6.45, 7) is 0. The molecule has 4 nitrogen and oxygen atoms in total. The van der Waals surface area contributed by atoms with Crippen LogP contribution in [0.3, 0.4) is 0 Å². The fourth-order valence-corrected chi connectivity index (χ4v) is 2.21.